The molecule has 1 saturated heterocycles. The van der Waals surface area contributed by atoms with Crippen molar-refractivity contribution in [1.29, 1.82) is 0 Å². The van der Waals surface area contributed by atoms with Crippen LogP contribution >= 0.6 is 11.6 Å². The maximum absolute atomic E-state index is 9.66. The number of aliphatic hydroxyl groups is 1. The quantitative estimate of drug-likeness (QED) is 0.908. The van der Waals surface area contributed by atoms with Crippen LogP contribution in [0.25, 0.3) is 0 Å². The van der Waals surface area contributed by atoms with E-state index in [-0.39, 0.29) is 11.7 Å². The molecule has 1 N–H and O–H groups in total. The molecule has 6 unspecified atom stereocenters. The zero-order chi connectivity index (χ0) is 16.1. The van der Waals surface area contributed by atoms with Crippen molar-refractivity contribution in [2.24, 2.45) is 29.1 Å². The molecule has 6 atom stereocenters. The summed E-state index contributed by atoms with van der Waals surface area (Å²) in [4.78, 5) is 6.67. The predicted molar refractivity (Wildman–Crippen MR) is 91.4 cm³/mol. The molecule has 0 radical (unpaired) electrons. The molecule has 5 aliphatic rings. The summed E-state index contributed by atoms with van der Waals surface area (Å²) < 4.78 is 0. The predicted octanol–water partition coefficient (Wildman–Crippen LogP) is 3.30. The highest BCUT2D eigenvalue weighted by molar-refractivity contribution is 6.31. The first-order valence-electron chi connectivity index (χ1n) is 9.47. The Labute approximate surface area is 147 Å². The molecule has 128 valence electrons. The van der Waals surface area contributed by atoms with Crippen LogP contribution in [0.1, 0.15) is 31.2 Å². The third-order valence-electron chi connectivity index (χ3n) is 8.14. The van der Waals surface area contributed by atoms with E-state index in [9.17, 15) is 5.11 Å². The van der Waals surface area contributed by atoms with Crippen molar-refractivity contribution in [3.05, 3.63) is 34.9 Å². The van der Waals surface area contributed by atoms with E-state index in [2.05, 4.69) is 12.1 Å². The average Bonchev–Trinajstić information content (AvgIpc) is 3.04. The van der Waals surface area contributed by atoms with Gasteiger partial charge in [-0.1, -0.05) is 29.8 Å². The second-order valence-corrected chi connectivity index (χ2v) is 9.41. The highest BCUT2D eigenvalue weighted by Crippen LogP contribution is 2.85. The van der Waals surface area contributed by atoms with Crippen LogP contribution in [0.2, 0.25) is 5.02 Å². The van der Waals surface area contributed by atoms with E-state index in [0.717, 1.165) is 23.3 Å². The number of rotatable bonds is 4. The molecular weight excluding hydrogens is 322 g/mol. The lowest BCUT2D eigenvalue weighted by atomic mass is 9.31. The van der Waals surface area contributed by atoms with Gasteiger partial charge in [0.05, 0.1) is 19.2 Å². The summed E-state index contributed by atoms with van der Waals surface area (Å²) in [6, 6.07) is 8.25. The second kappa shape index (κ2) is 4.56. The first-order chi connectivity index (χ1) is 11.6. The van der Waals surface area contributed by atoms with Crippen LogP contribution in [0, 0.1) is 29.1 Å². The number of halogens is 1. The topological polar surface area (TPSA) is 32.7 Å². The molecule has 1 aromatic rings. The summed E-state index contributed by atoms with van der Waals surface area (Å²) in [6.07, 6.45) is 6.31. The van der Waals surface area contributed by atoms with Crippen LogP contribution in [0.15, 0.2) is 24.3 Å². The number of nitrogens with zero attached hydrogens (tertiary/aromatic N) is 1. The Morgan fingerprint density at radius 3 is 2.71 bits per heavy atom. The third kappa shape index (κ3) is 1.56. The van der Waals surface area contributed by atoms with Crippen molar-refractivity contribution in [2.45, 2.75) is 43.8 Å². The minimum atomic E-state index is -0.217. The summed E-state index contributed by atoms with van der Waals surface area (Å²) in [5.41, 5.74) is 1.76. The monoisotopic (exact) mass is 345 g/mol. The Morgan fingerprint density at radius 2 is 1.96 bits per heavy atom. The van der Waals surface area contributed by atoms with E-state index in [1.54, 1.807) is 0 Å². The minimum Gasteiger partial charge on any atom is -0.390 e. The molecule has 4 aliphatic carbocycles. The molecule has 2 bridgehead atoms. The van der Waals surface area contributed by atoms with E-state index in [1.165, 1.54) is 31.2 Å². The number of β-amino-alcohol motifs (C(OH)–C–C–N with tert-alkyl or cyclic N) is 1. The smallest absolute Gasteiger partial charge is 0.101 e. The maximum atomic E-state index is 9.66. The molecule has 1 aromatic carbocycles. The maximum Gasteiger partial charge on any atom is 0.101 e. The molecular formula is C20H24ClNO2. The normalized spacial score (nSPS) is 48.6. The van der Waals surface area contributed by atoms with Crippen molar-refractivity contribution in [2.75, 3.05) is 13.1 Å². The Balaban J connectivity index is 1.35. The summed E-state index contributed by atoms with van der Waals surface area (Å²) in [6.45, 7) is 1.31. The molecule has 1 spiro atoms. The van der Waals surface area contributed by atoms with Gasteiger partial charge in [0.15, 0.2) is 0 Å². The SMILES string of the molecule is OC1CN(OC2(Cc3ccccc3Cl)C3CC4CC5CC2C53C4)C1. The largest absolute Gasteiger partial charge is 0.390 e. The number of hydrogen-bond acceptors (Lipinski definition) is 3. The summed E-state index contributed by atoms with van der Waals surface area (Å²) in [5, 5.41) is 12.5. The molecule has 1 aliphatic heterocycles. The first kappa shape index (κ1) is 14.5. The van der Waals surface area contributed by atoms with Gasteiger partial charge in [-0.2, -0.15) is 5.06 Å². The van der Waals surface area contributed by atoms with Crippen LogP contribution < -0.4 is 0 Å². The zero-order valence-electron chi connectivity index (χ0n) is 13.8. The first-order valence-corrected chi connectivity index (χ1v) is 9.85. The van der Waals surface area contributed by atoms with Gasteiger partial charge in [0, 0.05) is 11.4 Å². The van der Waals surface area contributed by atoms with Crippen LogP contribution in [-0.4, -0.2) is 35.0 Å². The summed E-state index contributed by atoms with van der Waals surface area (Å²) in [7, 11) is 0. The highest BCUT2D eigenvalue weighted by Gasteiger charge is 2.84. The fourth-order valence-electron chi connectivity index (χ4n) is 7.39. The Hall–Kier alpha value is -0.610. The molecule has 4 heteroatoms. The van der Waals surface area contributed by atoms with Crippen LogP contribution in [0.4, 0.5) is 0 Å². The Bertz CT molecular complexity index is 705. The van der Waals surface area contributed by atoms with Crippen molar-refractivity contribution in [3.63, 3.8) is 0 Å². The standard InChI is InChI=1S/C20H24ClNO2/c21-16-4-2-1-3-13(16)9-20(24-22-10-15(23)11-22)17-6-12-5-14-7-18(20)19(14,17)8-12/h1-4,12,14-15,17-18,23H,5-11H2. The molecule has 6 rings (SSSR count). The molecule has 24 heavy (non-hydrogen) atoms. The van der Waals surface area contributed by atoms with Gasteiger partial charge >= 0.3 is 0 Å². The fourth-order valence-corrected chi connectivity index (χ4v) is 7.59. The molecule has 3 nitrogen and oxygen atoms in total. The third-order valence-corrected chi connectivity index (χ3v) is 8.51. The Kier molecular flexibility index (Phi) is 2.77. The fraction of sp³-hybridized carbons (Fsp3) is 0.700. The Morgan fingerprint density at radius 1 is 1.17 bits per heavy atom. The molecule has 5 fully saturated rings. The number of benzene rings is 1. The second-order valence-electron chi connectivity index (χ2n) is 9.01. The van der Waals surface area contributed by atoms with Gasteiger partial charge in [-0.15, -0.1) is 0 Å². The van der Waals surface area contributed by atoms with Gasteiger partial charge < -0.3 is 5.11 Å². The summed E-state index contributed by atoms with van der Waals surface area (Å²) in [5.74, 6) is 3.29. The van der Waals surface area contributed by atoms with Crippen LogP contribution in [0.3, 0.4) is 0 Å². The zero-order valence-corrected chi connectivity index (χ0v) is 14.6. The van der Waals surface area contributed by atoms with Gasteiger partial charge in [0.2, 0.25) is 0 Å². The lowest BCUT2D eigenvalue weighted by Gasteiger charge is -2.76. The van der Waals surface area contributed by atoms with Crippen LogP contribution in [-0.2, 0) is 11.3 Å². The van der Waals surface area contributed by atoms with E-state index < -0.39 is 0 Å². The lowest BCUT2D eigenvalue weighted by Crippen LogP contribution is -2.79. The number of aliphatic hydroxyl groups excluding tert-OH is 1. The minimum absolute atomic E-state index is 0.0726. The number of hydrogen-bond donors (Lipinski definition) is 1. The van der Waals surface area contributed by atoms with E-state index in [0.29, 0.717) is 30.3 Å². The van der Waals surface area contributed by atoms with Crippen molar-refractivity contribution in [3.8, 4) is 0 Å². The highest BCUT2D eigenvalue weighted by atomic mass is 35.5. The van der Waals surface area contributed by atoms with Gasteiger partial charge in [0.25, 0.3) is 0 Å². The number of hydroxylamine groups is 2. The average molecular weight is 346 g/mol. The number of fused-ring (bicyclic) bond motifs is 1. The van der Waals surface area contributed by atoms with Crippen molar-refractivity contribution >= 4 is 11.6 Å². The lowest BCUT2D eigenvalue weighted by molar-refractivity contribution is -0.418. The van der Waals surface area contributed by atoms with E-state index in [1.807, 2.05) is 17.2 Å². The summed E-state index contributed by atoms with van der Waals surface area (Å²) >= 11 is 6.49. The van der Waals surface area contributed by atoms with Crippen LogP contribution in [0.5, 0.6) is 0 Å². The van der Waals surface area contributed by atoms with Gasteiger partial charge in [-0.25, -0.2) is 0 Å². The van der Waals surface area contributed by atoms with Gasteiger partial charge in [0.1, 0.15) is 5.60 Å². The molecule has 0 aromatic heterocycles. The van der Waals surface area contributed by atoms with Crippen molar-refractivity contribution in [1.82, 2.24) is 5.06 Å². The van der Waals surface area contributed by atoms with Crippen molar-refractivity contribution < 1.29 is 9.94 Å². The molecule has 1 heterocycles. The van der Waals surface area contributed by atoms with Gasteiger partial charge in [-0.3, -0.25) is 4.84 Å². The van der Waals surface area contributed by atoms with E-state index >= 15 is 0 Å². The molecule has 0 amide bonds. The molecule has 4 saturated carbocycles. The van der Waals surface area contributed by atoms with Gasteiger partial charge in [-0.05, 0) is 66.4 Å². The van der Waals surface area contributed by atoms with E-state index in [4.69, 9.17) is 16.4 Å².